The van der Waals surface area contributed by atoms with Gasteiger partial charge < -0.3 is 4.74 Å². The van der Waals surface area contributed by atoms with E-state index in [0.717, 1.165) is 22.2 Å². The van der Waals surface area contributed by atoms with Gasteiger partial charge in [0, 0.05) is 28.9 Å². The van der Waals surface area contributed by atoms with Gasteiger partial charge in [-0.3, -0.25) is 4.98 Å². The highest BCUT2D eigenvalue weighted by molar-refractivity contribution is 9.08. The molecule has 0 fully saturated rings. The number of pyridine rings is 1. The summed E-state index contributed by atoms with van der Waals surface area (Å²) in [5, 5.41) is 0.802. The van der Waals surface area contributed by atoms with Crippen molar-refractivity contribution in [3.05, 3.63) is 58.9 Å². The molecular weight excluding hydrogens is 290 g/mol. The van der Waals surface area contributed by atoms with Gasteiger partial charge in [-0.15, -0.1) is 0 Å². The SMILES string of the molecule is Cc1cncc(COc2ccc(C)cc2CBr)c1. The van der Waals surface area contributed by atoms with Crippen LogP contribution in [0.15, 0.2) is 36.7 Å². The number of aryl methyl sites for hydroxylation is 2. The van der Waals surface area contributed by atoms with Gasteiger partial charge >= 0.3 is 0 Å². The third-order valence-electron chi connectivity index (χ3n) is 2.69. The Labute approximate surface area is 116 Å². The van der Waals surface area contributed by atoms with Crippen LogP contribution in [0.5, 0.6) is 5.75 Å². The molecule has 1 heterocycles. The molecule has 0 bridgehead atoms. The molecule has 0 N–H and O–H groups in total. The van der Waals surface area contributed by atoms with Crippen molar-refractivity contribution in [2.75, 3.05) is 0 Å². The van der Waals surface area contributed by atoms with E-state index in [9.17, 15) is 0 Å². The van der Waals surface area contributed by atoms with E-state index >= 15 is 0 Å². The first kappa shape index (κ1) is 13.1. The van der Waals surface area contributed by atoms with Gasteiger partial charge in [0.2, 0.25) is 0 Å². The predicted octanol–water partition coefficient (Wildman–Crippen LogP) is 4.17. The van der Waals surface area contributed by atoms with Crippen LogP contribution in [-0.4, -0.2) is 4.98 Å². The van der Waals surface area contributed by atoms with Gasteiger partial charge in [-0.25, -0.2) is 0 Å². The van der Waals surface area contributed by atoms with Crippen LogP contribution in [-0.2, 0) is 11.9 Å². The first-order valence-corrected chi connectivity index (χ1v) is 7.00. The number of nitrogens with zero attached hydrogens (tertiary/aromatic N) is 1. The minimum Gasteiger partial charge on any atom is -0.489 e. The van der Waals surface area contributed by atoms with E-state index in [-0.39, 0.29) is 0 Å². The Hall–Kier alpha value is -1.35. The number of aromatic nitrogens is 1. The van der Waals surface area contributed by atoms with Crippen molar-refractivity contribution in [1.29, 1.82) is 0 Å². The number of ether oxygens (including phenoxy) is 1. The molecule has 3 heteroatoms. The molecular formula is C15H16BrNO. The zero-order valence-corrected chi connectivity index (χ0v) is 12.2. The Morgan fingerprint density at radius 2 is 1.94 bits per heavy atom. The lowest BCUT2D eigenvalue weighted by molar-refractivity contribution is 0.303. The molecule has 1 aromatic carbocycles. The largest absolute Gasteiger partial charge is 0.489 e. The zero-order chi connectivity index (χ0) is 13.0. The summed E-state index contributed by atoms with van der Waals surface area (Å²) in [6.07, 6.45) is 3.69. The number of rotatable bonds is 4. The fraction of sp³-hybridized carbons (Fsp3) is 0.267. The smallest absolute Gasteiger partial charge is 0.123 e. The molecule has 18 heavy (non-hydrogen) atoms. The lowest BCUT2D eigenvalue weighted by Gasteiger charge is -2.11. The average Bonchev–Trinajstić information content (AvgIpc) is 2.37. The van der Waals surface area contributed by atoms with Gasteiger partial charge in [0.15, 0.2) is 0 Å². The van der Waals surface area contributed by atoms with Crippen LogP contribution in [0.1, 0.15) is 22.3 Å². The molecule has 0 saturated carbocycles. The summed E-state index contributed by atoms with van der Waals surface area (Å²) in [5.74, 6) is 0.930. The molecule has 94 valence electrons. The quantitative estimate of drug-likeness (QED) is 0.791. The highest BCUT2D eigenvalue weighted by Crippen LogP contribution is 2.23. The summed E-state index contributed by atoms with van der Waals surface area (Å²) in [7, 11) is 0. The fourth-order valence-electron chi connectivity index (χ4n) is 1.81. The molecule has 0 aliphatic rings. The fourth-order valence-corrected chi connectivity index (χ4v) is 2.25. The standard InChI is InChI=1S/C15H16BrNO/c1-11-3-4-15(14(6-11)7-16)18-10-13-5-12(2)8-17-9-13/h3-6,8-9H,7,10H2,1-2H3. The monoisotopic (exact) mass is 305 g/mol. The van der Waals surface area contributed by atoms with Crippen LogP contribution >= 0.6 is 15.9 Å². The van der Waals surface area contributed by atoms with Crippen LogP contribution < -0.4 is 4.74 Å². The molecule has 1 aromatic heterocycles. The third-order valence-corrected chi connectivity index (χ3v) is 3.29. The van der Waals surface area contributed by atoms with Crippen molar-refractivity contribution >= 4 is 15.9 Å². The Bertz CT molecular complexity index is 540. The van der Waals surface area contributed by atoms with Crippen LogP contribution in [0.2, 0.25) is 0 Å². The molecule has 0 aliphatic heterocycles. The van der Waals surface area contributed by atoms with Gasteiger partial charge in [-0.05, 0) is 31.5 Å². The van der Waals surface area contributed by atoms with Gasteiger partial charge in [-0.2, -0.15) is 0 Å². The maximum absolute atomic E-state index is 5.85. The minimum absolute atomic E-state index is 0.553. The minimum atomic E-state index is 0.553. The second-order valence-electron chi connectivity index (χ2n) is 4.40. The molecule has 0 radical (unpaired) electrons. The highest BCUT2D eigenvalue weighted by Gasteiger charge is 2.03. The first-order valence-electron chi connectivity index (χ1n) is 5.88. The van der Waals surface area contributed by atoms with Gasteiger partial charge in [0.25, 0.3) is 0 Å². The summed E-state index contributed by atoms with van der Waals surface area (Å²) < 4.78 is 5.85. The van der Waals surface area contributed by atoms with Crippen LogP contribution in [0.4, 0.5) is 0 Å². The zero-order valence-electron chi connectivity index (χ0n) is 10.6. The normalized spacial score (nSPS) is 10.4. The van der Waals surface area contributed by atoms with Crippen molar-refractivity contribution in [2.45, 2.75) is 25.8 Å². The number of hydrogen-bond acceptors (Lipinski definition) is 2. The molecule has 2 rings (SSSR count). The van der Waals surface area contributed by atoms with E-state index in [1.54, 1.807) is 0 Å². The third kappa shape index (κ3) is 3.33. The molecule has 0 aliphatic carbocycles. The van der Waals surface area contributed by atoms with Crippen molar-refractivity contribution in [3.8, 4) is 5.75 Å². The summed E-state index contributed by atoms with van der Waals surface area (Å²) in [4.78, 5) is 4.16. The van der Waals surface area contributed by atoms with Gasteiger partial charge in [0.05, 0.1) is 0 Å². The molecule has 2 aromatic rings. The molecule has 0 unspecified atom stereocenters. The first-order chi connectivity index (χ1) is 8.69. The lowest BCUT2D eigenvalue weighted by Crippen LogP contribution is -1.99. The second-order valence-corrected chi connectivity index (χ2v) is 4.96. The highest BCUT2D eigenvalue weighted by atomic mass is 79.9. The van der Waals surface area contributed by atoms with Crippen molar-refractivity contribution in [2.24, 2.45) is 0 Å². The summed E-state index contributed by atoms with van der Waals surface area (Å²) >= 11 is 3.49. The summed E-state index contributed by atoms with van der Waals surface area (Å²) in [6.45, 7) is 4.67. The Morgan fingerprint density at radius 1 is 1.11 bits per heavy atom. The topological polar surface area (TPSA) is 22.1 Å². The van der Waals surface area contributed by atoms with Crippen molar-refractivity contribution < 1.29 is 4.74 Å². The van der Waals surface area contributed by atoms with Crippen LogP contribution in [0, 0.1) is 13.8 Å². The molecule has 0 amide bonds. The molecule has 2 nitrogen and oxygen atoms in total. The summed E-state index contributed by atoms with van der Waals surface area (Å²) in [6, 6.07) is 8.32. The van der Waals surface area contributed by atoms with Crippen LogP contribution in [0.25, 0.3) is 0 Å². The maximum Gasteiger partial charge on any atom is 0.123 e. The Kier molecular flexibility index (Phi) is 4.37. The van der Waals surface area contributed by atoms with E-state index < -0.39 is 0 Å². The van der Waals surface area contributed by atoms with Gasteiger partial charge in [-0.1, -0.05) is 33.6 Å². The number of benzene rings is 1. The second kappa shape index (κ2) is 6.01. The predicted molar refractivity (Wildman–Crippen MR) is 77.1 cm³/mol. The molecule has 0 spiro atoms. The molecule has 0 atom stereocenters. The van der Waals surface area contributed by atoms with E-state index in [2.05, 4.69) is 46.0 Å². The van der Waals surface area contributed by atoms with Crippen molar-refractivity contribution in [3.63, 3.8) is 0 Å². The van der Waals surface area contributed by atoms with E-state index in [4.69, 9.17) is 4.74 Å². The van der Waals surface area contributed by atoms with Gasteiger partial charge in [0.1, 0.15) is 12.4 Å². The molecule has 0 saturated heterocycles. The Balaban J connectivity index is 2.10. The van der Waals surface area contributed by atoms with Crippen LogP contribution in [0.3, 0.4) is 0 Å². The van der Waals surface area contributed by atoms with E-state index in [1.165, 1.54) is 11.1 Å². The number of alkyl halides is 1. The number of hydrogen-bond donors (Lipinski definition) is 0. The lowest BCUT2D eigenvalue weighted by atomic mass is 10.1. The maximum atomic E-state index is 5.85. The Morgan fingerprint density at radius 3 is 2.67 bits per heavy atom. The summed E-state index contributed by atoms with van der Waals surface area (Å²) in [5.41, 5.74) is 4.67. The van der Waals surface area contributed by atoms with E-state index in [1.807, 2.05) is 25.4 Å². The van der Waals surface area contributed by atoms with E-state index in [0.29, 0.717) is 6.61 Å². The average molecular weight is 306 g/mol. The van der Waals surface area contributed by atoms with Crippen molar-refractivity contribution in [1.82, 2.24) is 4.98 Å². The number of halogens is 1.